The third kappa shape index (κ3) is 4.66. The fourth-order valence-electron chi connectivity index (χ4n) is 12.5. The predicted molar refractivity (Wildman–Crippen MR) is 152 cm³/mol. The number of rotatable bonds is 4. The minimum atomic E-state index is 0.933. The lowest BCUT2D eigenvalue weighted by atomic mass is 9.47. The molecule has 7 rings (SSSR count). The summed E-state index contributed by atoms with van der Waals surface area (Å²) in [6.45, 7) is 2.54. The SMILES string of the molecule is CC1CCC(N(C2CCC(C3CCCCC3)CC2)C2CCC3CCC4CCCC5CCC2C3C45)CC1. The summed E-state index contributed by atoms with van der Waals surface area (Å²) in [5.74, 6) is 9.88. The second-order valence-electron chi connectivity index (χ2n) is 15.7. The summed E-state index contributed by atoms with van der Waals surface area (Å²) in [7, 11) is 0. The minimum Gasteiger partial charge on any atom is -0.294 e. The summed E-state index contributed by atoms with van der Waals surface area (Å²) in [4.78, 5) is 3.36. The molecule has 0 radical (unpaired) electrons. The van der Waals surface area contributed by atoms with Crippen molar-refractivity contribution in [3.63, 3.8) is 0 Å². The van der Waals surface area contributed by atoms with Crippen LogP contribution in [0.3, 0.4) is 0 Å². The van der Waals surface area contributed by atoms with Crippen molar-refractivity contribution in [2.45, 2.75) is 166 Å². The largest absolute Gasteiger partial charge is 0.294 e. The van der Waals surface area contributed by atoms with E-state index in [4.69, 9.17) is 0 Å². The van der Waals surface area contributed by atoms with Crippen molar-refractivity contribution in [3.8, 4) is 0 Å². The first-order valence-electron chi connectivity index (χ1n) is 17.5. The van der Waals surface area contributed by atoms with Gasteiger partial charge in [0.25, 0.3) is 0 Å². The molecule has 7 saturated carbocycles. The molecule has 0 aromatic rings. The molecule has 7 fully saturated rings. The number of hydrogen-bond donors (Lipinski definition) is 0. The Morgan fingerprint density at radius 1 is 0.389 bits per heavy atom. The van der Waals surface area contributed by atoms with Gasteiger partial charge in [0.05, 0.1) is 0 Å². The van der Waals surface area contributed by atoms with Gasteiger partial charge in [0, 0.05) is 18.1 Å². The van der Waals surface area contributed by atoms with Crippen LogP contribution in [0.25, 0.3) is 0 Å². The maximum absolute atomic E-state index is 3.36. The molecule has 0 aliphatic heterocycles. The Labute approximate surface area is 224 Å². The predicted octanol–water partition coefficient (Wildman–Crippen LogP) is 9.64. The summed E-state index contributed by atoms with van der Waals surface area (Å²) in [6, 6.07) is 2.83. The first-order chi connectivity index (χ1) is 17.8. The van der Waals surface area contributed by atoms with Gasteiger partial charge in [-0.3, -0.25) is 4.90 Å². The summed E-state index contributed by atoms with van der Waals surface area (Å²) in [6.07, 6.45) is 34.4. The molecule has 0 amide bonds. The first-order valence-corrected chi connectivity index (χ1v) is 17.5. The molecule has 0 saturated heterocycles. The molecule has 7 aliphatic rings. The van der Waals surface area contributed by atoms with Crippen molar-refractivity contribution < 1.29 is 0 Å². The highest BCUT2D eigenvalue weighted by atomic mass is 15.2. The summed E-state index contributed by atoms with van der Waals surface area (Å²) < 4.78 is 0. The van der Waals surface area contributed by atoms with Gasteiger partial charge in [0.15, 0.2) is 0 Å². The monoisotopic (exact) mass is 493 g/mol. The molecule has 7 atom stereocenters. The zero-order chi connectivity index (χ0) is 24.1. The van der Waals surface area contributed by atoms with Crippen LogP contribution in [0.4, 0.5) is 0 Å². The van der Waals surface area contributed by atoms with Gasteiger partial charge in [-0.05, 0) is 143 Å². The molecule has 204 valence electrons. The van der Waals surface area contributed by atoms with Crippen molar-refractivity contribution in [1.82, 2.24) is 4.90 Å². The molecule has 7 unspecified atom stereocenters. The van der Waals surface area contributed by atoms with Crippen LogP contribution in [0.1, 0.15) is 148 Å². The van der Waals surface area contributed by atoms with E-state index in [1.165, 1.54) is 44.9 Å². The van der Waals surface area contributed by atoms with Crippen LogP contribution < -0.4 is 0 Å². The standard InChI is InChI=1S/C35H59N/c1-24-10-18-30(19-11-24)36(31-20-14-26(15-21-31)25-6-3-2-4-7-25)33-23-17-29-13-12-27-8-5-9-28-16-22-32(33)35(29)34(27)28/h24-35H,2-23H2,1H3. The van der Waals surface area contributed by atoms with Gasteiger partial charge >= 0.3 is 0 Å². The van der Waals surface area contributed by atoms with Gasteiger partial charge in [-0.15, -0.1) is 0 Å². The molecule has 0 aromatic carbocycles. The molecule has 36 heavy (non-hydrogen) atoms. The summed E-state index contributed by atoms with van der Waals surface area (Å²) in [5, 5.41) is 0. The van der Waals surface area contributed by atoms with Crippen molar-refractivity contribution in [3.05, 3.63) is 0 Å². The Hall–Kier alpha value is -0.0400. The van der Waals surface area contributed by atoms with Crippen LogP contribution in [0.2, 0.25) is 0 Å². The Balaban J connectivity index is 1.11. The van der Waals surface area contributed by atoms with Gasteiger partial charge < -0.3 is 0 Å². The molecule has 0 heterocycles. The van der Waals surface area contributed by atoms with Crippen LogP contribution in [0, 0.1) is 53.3 Å². The fourth-order valence-corrected chi connectivity index (χ4v) is 12.5. The van der Waals surface area contributed by atoms with E-state index in [0.29, 0.717) is 0 Å². The topological polar surface area (TPSA) is 3.24 Å². The van der Waals surface area contributed by atoms with E-state index in [-0.39, 0.29) is 0 Å². The van der Waals surface area contributed by atoms with Gasteiger partial charge in [-0.25, -0.2) is 0 Å². The highest BCUT2D eigenvalue weighted by molar-refractivity contribution is 5.06. The van der Waals surface area contributed by atoms with Crippen LogP contribution in [0.5, 0.6) is 0 Å². The molecule has 0 aromatic heterocycles. The molecule has 0 bridgehead atoms. The second-order valence-corrected chi connectivity index (χ2v) is 15.7. The number of hydrogen-bond acceptors (Lipinski definition) is 1. The van der Waals surface area contributed by atoms with Crippen LogP contribution in [0.15, 0.2) is 0 Å². The van der Waals surface area contributed by atoms with E-state index in [0.717, 1.165) is 71.4 Å². The summed E-state index contributed by atoms with van der Waals surface area (Å²) >= 11 is 0. The van der Waals surface area contributed by atoms with Crippen molar-refractivity contribution >= 4 is 0 Å². The molecular weight excluding hydrogens is 434 g/mol. The van der Waals surface area contributed by atoms with E-state index in [9.17, 15) is 0 Å². The maximum Gasteiger partial charge on any atom is 0.0132 e. The van der Waals surface area contributed by atoms with Crippen molar-refractivity contribution in [1.29, 1.82) is 0 Å². The third-order valence-corrected chi connectivity index (χ3v) is 14.1. The highest BCUT2D eigenvalue weighted by Gasteiger charge is 2.55. The average Bonchev–Trinajstić information content (AvgIpc) is 2.94. The Kier molecular flexibility index (Phi) is 7.52. The van der Waals surface area contributed by atoms with Crippen LogP contribution in [-0.4, -0.2) is 23.0 Å². The van der Waals surface area contributed by atoms with Crippen LogP contribution in [-0.2, 0) is 0 Å². The van der Waals surface area contributed by atoms with E-state index in [1.54, 1.807) is 96.3 Å². The smallest absolute Gasteiger partial charge is 0.0132 e. The molecule has 0 N–H and O–H groups in total. The Bertz CT molecular complexity index is 702. The van der Waals surface area contributed by atoms with Gasteiger partial charge in [-0.2, -0.15) is 0 Å². The van der Waals surface area contributed by atoms with Crippen molar-refractivity contribution in [2.75, 3.05) is 0 Å². The zero-order valence-corrected chi connectivity index (χ0v) is 23.9. The minimum absolute atomic E-state index is 0.933. The zero-order valence-electron chi connectivity index (χ0n) is 23.9. The van der Waals surface area contributed by atoms with Crippen molar-refractivity contribution in [2.24, 2.45) is 53.3 Å². The van der Waals surface area contributed by atoms with E-state index in [2.05, 4.69) is 11.8 Å². The third-order valence-electron chi connectivity index (χ3n) is 14.1. The van der Waals surface area contributed by atoms with Gasteiger partial charge in [0.2, 0.25) is 0 Å². The quantitative estimate of drug-likeness (QED) is 0.377. The molecule has 1 nitrogen and oxygen atoms in total. The first kappa shape index (κ1) is 25.0. The molecule has 0 spiro atoms. The normalized spacial score (nSPS) is 50.0. The van der Waals surface area contributed by atoms with E-state index < -0.39 is 0 Å². The summed E-state index contributed by atoms with van der Waals surface area (Å²) in [5.41, 5.74) is 0. The van der Waals surface area contributed by atoms with E-state index >= 15 is 0 Å². The molecule has 7 aliphatic carbocycles. The number of nitrogens with zero attached hydrogens (tertiary/aromatic N) is 1. The average molecular weight is 494 g/mol. The Morgan fingerprint density at radius 2 is 0.889 bits per heavy atom. The lowest BCUT2D eigenvalue weighted by Gasteiger charge is -2.62. The van der Waals surface area contributed by atoms with Gasteiger partial charge in [-0.1, -0.05) is 58.3 Å². The van der Waals surface area contributed by atoms with Crippen LogP contribution >= 0.6 is 0 Å². The molecule has 1 heteroatoms. The Morgan fingerprint density at radius 3 is 1.58 bits per heavy atom. The highest BCUT2D eigenvalue weighted by Crippen LogP contribution is 2.61. The maximum atomic E-state index is 3.36. The second kappa shape index (κ2) is 10.8. The fraction of sp³-hybridized carbons (Fsp3) is 1.00. The molecular formula is C35H59N. The lowest BCUT2D eigenvalue weighted by Crippen LogP contribution is -2.61. The lowest BCUT2D eigenvalue weighted by molar-refractivity contribution is -0.124. The van der Waals surface area contributed by atoms with E-state index in [1.807, 2.05) is 0 Å². The van der Waals surface area contributed by atoms with Gasteiger partial charge in [0.1, 0.15) is 0 Å².